The summed E-state index contributed by atoms with van der Waals surface area (Å²) in [6.45, 7) is 2.97. The molecular formula is C40H32F10N2O6. The summed E-state index contributed by atoms with van der Waals surface area (Å²) in [6, 6.07) is 12.9. The molecule has 0 bridgehead atoms. The summed E-state index contributed by atoms with van der Waals surface area (Å²) in [7, 11) is 0. The Balaban J connectivity index is 1.08. The van der Waals surface area contributed by atoms with Gasteiger partial charge in [-0.1, -0.05) is 59.7 Å². The lowest BCUT2D eigenvalue weighted by Gasteiger charge is -2.41. The topological polar surface area (TPSA) is 77.5 Å². The van der Waals surface area contributed by atoms with Gasteiger partial charge >= 0.3 is 11.9 Å². The second-order valence-electron chi connectivity index (χ2n) is 13.7. The molecule has 2 saturated heterocycles. The number of hydrogen-bond acceptors (Lipinski definition) is 8. The molecule has 0 aliphatic carbocycles. The van der Waals surface area contributed by atoms with Crippen molar-refractivity contribution in [3.05, 3.63) is 141 Å². The van der Waals surface area contributed by atoms with Gasteiger partial charge in [-0.3, -0.25) is 0 Å². The molecule has 6 rings (SSSR count). The Kier molecular flexibility index (Phi) is 12.1. The zero-order valence-electron chi connectivity index (χ0n) is 30.6. The monoisotopic (exact) mass is 826 g/mol. The summed E-state index contributed by atoms with van der Waals surface area (Å²) in [5.41, 5.74) is -0.899. The van der Waals surface area contributed by atoms with E-state index in [9.17, 15) is 53.5 Å². The van der Waals surface area contributed by atoms with Crippen LogP contribution in [0, 0.1) is 72.0 Å². The highest BCUT2D eigenvalue weighted by molar-refractivity contribution is 5.91. The number of benzene rings is 4. The maximum absolute atomic E-state index is 14.7. The normalized spacial score (nSPS) is 17.0. The Morgan fingerprint density at radius 3 is 1.00 bits per heavy atom. The fourth-order valence-electron chi connectivity index (χ4n) is 6.68. The summed E-state index contributed by atoms with van der Waals surface area (Å²) in [6.07, 6.45) is 0.872. The number of rotatable bonds is 10. The molecule has 2 aliphatic heterocycles. The van der Waals surface area contributed by atoms with Crippen LogP contribution < -0.4 is 9.47 Å². The van der Waals surface area contributed by atoms with Gasteiger partial charge in [0.2, 0.25) is 58.2 Å². The van der Waals surface area contributed by atoms with E-state index in [0.29, 0.717) is 11.1 Å². The van der Waals surface area contributed by atoms with Gasteiger partial charge in [0.25, 0.3) is 0 Å². The Labute approximate surface area is 324 Å². The number of nitrogens with zero attached hydrogens (tertiary/aromatic N) is 2. The van der Waals surface area contributed by atoms with Gasteiger partial charge in [0.1, 0.15) is 11.2 Å². The standard InChI is InChI=1S/C40H32F10N2O6/c1-21-3-7-23(8-4-21)39(55-37-33(47)29(43)27(41)30(44)34(37)48)13-17-51(18-14-39)57-25(53)11-12-26(54)58-52-19-15-40(16-20-52,24-9-5-22(2)6-10-24)56-38-35(49)31(45)28(42)32(46)36(38)50/h3-12H,13-20H2,1-2H3/b12-11-. The largest absolute Gasteiger partial charge is 0.476 e. The number of carbonyl (C=O) groups is 2. The first-order valence-corrected chi connectivity index (χ1v) is 17.6. The van der Waals surface area contributed by atoms with E-state index in [1.165, 1.54) is 0 Å². The van der Waals surface area contributed by atoms with Crippen molar-refractivity contribution in [2.75, 3.05) is 26.2 Å². The molecular weight excluding hydrogens is 794 g/mol. The molecule has 18 heteroatoms. The first-order chi connectivity index (χ1) is 27.4. The van der Waals surface area contributed by atoms with Gasteiger partial charge in [-0.05, 0) is 25.0 Å². The maximum atomic E-state index is 14.7. The molecule has 0 radical (unpaired) electrons. The minimum Gasteiger partial charge on any atom is -0.476 e. The molecule has 0 atom stereocenters. The molecule has 308 valence electrons. The maximum Gasteiger partial charge on any atom is 0.349 e. The summed E-state index contributed by atoms with van der Waals surface area (Å²) < 4.78 is 154. The van der Waals surface area contributed by atoms with Gasteiger partial charge in [0.05, 0.1) is 0 Å². The average molecular weight is 827 g/mol. The van der Waals surface area contributed by atoms with Crippen LogP contribution in [0.4, 0.5) is 43.9 Å². The second kappa shape index (κ2) is 16.7. The number of halogens is 10. The summed E-state index contributed by atoms with van der Waals surface area (Å²) in [5.74, 6) is -27.0. The summed E-state index contributed by atoms with van der Waals surface area (Å²) in [4.78, 5) is 35.9. The minimum absolute atomic E-state index is 0.142. The highest BCUT2D eigenvalue weighted by atomic mass is 19.2. The van der Waals surface area contributed by atoms with Crippen molar-refractivity contribution in [3.63, 3.8) is 0 Å². The van der Waals surface area contributed by atoms with Gasteiger partial charge in [0, 0.05) is 64.0 Å². The van der Waals surface area contributed by atoms with E-state index in [4.69, 9.17) is 19.1 Å². The molecule has 0 amide bonds. The van der Waals surface area contributed by atoms with Crippen molar-refractivity contribution in [3.8, 4) is 11.5 Å². The minimum atomic E-state index is -2.34. The highest BCUT2D eigenvalue weighted by Gasteiger charge is 2.44. The van der Waals surface area contributed by atoms with Crippen molar-refractivity contribution in [2.45, 2.75) is 50.7 Å². The average Bonchev–Trinajstić information content (AvgIpc) is 3.22. The van der Waals surface area contributed by atoms with Gasteiger partial charge in [0.15, 0.2) is 11.5 Å². The zero-order chi connectivity index (χ0) is 42.1. The van der Waals surface area contributed by atoms with Crippen LogP contribution in [0.3, 0.4) is 0 Å². The molecule has 0 spiro atoms. The fraction of sp³-hybridized carbons (Fsp3) is 0.300. The third-order valence-electron chi connectivity index (χ3n) is 9.94. The first kappa shape index (κ1) is 42.0. The third kappa shape index (κ3) is 8.34. The van der Waals surface area contributed by atoms with Crippen LogP contribution in [0.2, 0.25) is 0 Å². The van der Waals surface area contributed by atoms with Crippen LogP contribution in [0.5, 0.6) is 11.5 Å². The Bertz CT molecular complexity index is 2020. The lowest BCUT2D eigenvalue weighted by atomic mass is 9.84. The van der Waals surface area contributed by atoms with Gasteiger partial charge < -0.3 is 19.1 Å². The van der Waals surface area contributed by atoms with E-state index in [-0.39, 0.29) is 51.9 Å². The van der Waals surface area contributed by atoms with Crippen molar-refractivity contribution in [1.82, 2.24) is 10.1 Å². The van der Waals surface area contributed by atoms with E-state index >= 15 is 0 Å². The molecule has 0 N–H and O–H groups in total. The smallest absolute Gasteiger partial charge is 0.349 e. The Morgan fingerprint density at radius 1 is 0.466 bits per heavy atom. The predicted molar refractivity (Wildman–Crippen MR) is 182 cm³/mol. The van der Waals surface area contributed by atoms with Crippen LogP contribution in [-0.4, -0.2) is 48.2 Å². The van der Waals surface area contributed by atoms with Crippen LogP contribution in [0.1, 0.15) is 47.9 Å². The summed E-state index contributed by atoms with van der Waals surface area (Å²) >= 11 is 0. The second-order valence-corrected chi connectivity index (χ2v) is 13.7. The Morgan fingerprint density at radius 2 is 0.724 bits per heavy atom. The van der Waals surface area contributed by atoms with Gasteiger partial charge in [-0.25, -0.2) is 35.9 Å². The molecule has 8 nitrogen and oxygen atoms in total. The van der Waals surface area contributed by atoms with Crippen LogP contribution in [-0.2, 0) is 30.5 Å². The zero-order valence-corrected chi connectivity index (χ0v) is 30.6. The van der Waals surface area contributed by atoms with Crippen molar-refractivity contribution in [1.29, 1.82) is 0 Å². The number of hydrogen-bond donors (Lipinski definition) is 0. The molecule has 0 aromatic heterocycles. The van der Waals surface area contributed by atoms with E-state index in [0.717, 1.165) is 33.4 Å². The van der Waals surface area contributed by atoms with Crippen LogP contribution in [0.15, 0.2) is 60.7 Å². The first-order valence-electron chi connectivity index (χ1n) is 17.6. The highest BCUT2D eigenvalue weighted by Crippen LogP contribution is 2.43. The predicted octanol–water partition coefficient (Wildman–Crippen LogP) is 8.61. The molecule has 0 unspecified atom stereocenters. The number of carbonyl (C=O) groups excluding carboxylic acids is 2. The molecule has 2 fully saturated rings. The number of hydroxylamine groups is 4. The van der Waals surface area contributed by atoms with E-state index in [1.807, 2.05) is 0 Å². The van der Waals surface area contributed by atoms with Crippen molar-refractivity contribution in [2.24, 2.45) is 0 Å². The van der Waals surface area contributed by atoms with Gasteiger partial charge in [-0.2, -0.15) is 17.6 Å². The molecule has 58 heavy (non-hydrogen) atoms. The molecule has 4 aromatic rings. The molecule has 2 heterocycles. The van der Waals surface area contributed by atoms with E-state index in [2.05, 4.69) is 0 Å². The molecule has 0 saturated carbocycles. The number of aryl methyl sites for hydroxylation is 2. The third-order valence-corrected chi connectivity index (χ3v) is 9.94. The SMILES string of the molecule is Cc1ccc(C2(Oc3c(F)c(F)c(F)c(F)c3F)CCN(OC(=O)/C=C\C(=O)ON3CCC(Oc4c(F)c(F)c(F)c(F)c4F)(c4ccc(C)cc4)CC3)CC2)cc1. The summed E-state index contributed by atoms with van der Waals surface area (Å²) in [5, 5.41) is 2.29. The van der Waals surface area contributed by atoms with Gasteiger partial charge in [-0.15, -0.1) is 10.1 Å². The molecule has 2 aliphatic rings. The lowest BCUT2D eigenvalue weighted by molar-refractivity contribution is -0.201. The van der Waals surface area contributed by atoms with Crippen molar-refractivity contribution < 1.29 is 72.6 Å². The lowest BCUT2D eigenvalue weighted by Crippen LogP contribution is -2.47. The quantitative estimate of drug-likeness (QED) is 0.0682. The Hall–Kier alpha value is -5.62. The molecule has 4 aromatic carbocycles. The fourth-order valence-corrected chi connectivity index (χ4v) is 6.68. The van der Waals surface area contributed by atoms with Crippen LogP contribution in [0.25, 0.3) is 0 Å². The van der Waals surface area contributed by atoms with E-state index < -0.39 is 92.8 Å². The number of ether oxygens (including phenoxy) is 2. The van der Waals surface area contributed by atoms with Crippen LogP contribution >= 0.6 is 0 Å². The van der Waals surface area contributed by atoms with E-state index in [1.54, 1.807) is 62.4 Å². The number of piperidine rings is 2. The van der Waals surface area contributed by atoms with Crippen molar-refractivity contribution >= 4 is 11.9 Å².